The van der Waals surface area contributed by atoms with Gasteiger partial charge in [-0.3, -0.25) is 19.2 Å². The number of rotatable bonds is 7. The maximum atomic E-state index is 14.9. The number of halogens is 2. The summed E-state index contributed by atoms with van der Waals surface area (Å²) in [6, 6.07) is 16.7. The van der Waals surface area contributed by atoms with Crippen molar-refractivity contribution in [3.05, 3.63) is 77.8 Å². The third-order valence-electron chi connectivity index (χ3n) is 7.39. The Hall–Kier alpha value is -3.59. The summed E-state index contributed by atoms with van der Waals surface area (Å²) in [7, 11) is 0. The highest BCUT2D eigenvalue weighted by Gasteiger charge is 2.21. The fraction of sp³-hybridized carbons (Fsp3) is 0.300. The van der Waals surface area contributed by atoms with Crippen LogP contribution >= 0.6 is 11.6 Å². The van der Waals surface area contributed by atoms with E-state index >= 15 is 0 Å². The van der Waals surface area contributed by atoms with Crippen LogP contribution < -0.4 is 5.32 Å². The molecule has 9 heteroatoms. The topological polar surface area (TPSA) is 61.6 Å². The third-order valence-corrected chi connectivity index (χ3v) is 7.62. The number of fused-ring (bicyclic) bond motifs is 2. The predicted octanol–water partition coefficient (Wildman–Crippen LogP) is 5.84. The number of nitrogens with one attached hydrogen (secondary N) is 1. The summed E-state index contributed by atoms with van der Waals surface area (Å²) in [5.41, 5.74) is 5.38. The van der Waals surface area contributed by atoms with Gasteiger partial charge in [0.05, 0.1) is 34.3 Å². The molecular weight excluding hydrogens is 513 g/mol. The summed E-state index contributed by atoms with van der Waals surface area (Å²) in [6.45, 7) is 10.8. The lowest BCUT2D eigenvalue weighted by molar-refractivity contribution is 0.111. The molecule has 0 unspecified atom stereocenters. The molecule has 0 radical (unpaired) electrons. The molecule has 200 valence electrons. The van der Waals surface area contributed by atoms with Gasteiger partial charge < -0.3 is 5.32 Å². The smallest absolute Gasteiger partial charge is 0.137 e. The van der Waals surface area contributed by atoms with Crippen molar-refractivity contribution in [2.45, 2.75) is 19.9 Å². The normalized spacial score (nSPS) is 15.0. The van der Waals surface area contributed by atoms with Crippen LogP contribution in [0.4, 0.5) is 10.1 Å². The Morgan fingerprint density at radius 2 is 1.82 bits per heavy atom. The van der Waals surface area contributed by atoms with Gasteiger partial charge in [0.15, 0.2) is 0 Å². The van der Waals surface area contributed by atoms with Crippen molar-refractivity contribution >= 4 is 34.0 Å². The Kier molecular flexibility index (Phi) is 7.16. The molecule has 0 amide bonds. The molecule has 0 spiro atoms. The van der Waals surface area contributed by atoms with Gasteiger partial charge >= 0.3 is 0 Å². The summed E-state index contributed by atoms with van der Waals surface area (Å²) in [4.78, 5) is 19.3. The first kappa shape index (κ1) is 25.7. The lowest BCUT2D eigenvalue weighted by Gasteiger charge is -2.36. The van der Waals surface area contributed by atoms with E-state index in [4.69, 9.17) is 21.6 Å². The van der Waals surface area contributed by atoms with Crippen molar-refractivity contribution in [3.8, 4) is 22.6 Å². The molecule has 0 saturated carbocycles. The molecule has 1 saturated heterocycles. The Morgan fingerprint density at radius 1 is 0.974 bits per heavy atom. The lowest BCUT2D eigenvalue weighted by Crippen LogP contribution is -2.49. The van der Waals surface area contributed by atoms with Crippen LogP contribution in [0.3, 0.4) is 0 Å². The number of pyridine rings is 3. The Balaban J connectivity index is 1.28. The van der Waals surface area contributed by atoms with E-state index in [2.05, 4.69) is 33.9 Å². The quantitative estimate of drug-likeness (QED) is 0.278. The molecule has 1 aromatic carbocycles. The number of anilines is 1. The SMILES string of the molecule is CC(C)N1CCN(CCNc2cnc3ccc(-c4c(-c5cc(Cl)ccc5F)nc5ccccn45)nc3c2)CC1. The van der Waals surface area contributed by atoms with Crippen molar-refractivity contribution in [2.75, 3.05) is 44.6 Å². The number of piperazine rings is 1. The van der Waals surface area contributed by atoms with E-state index in [-0.39, 0.29) is 5.82 Å². The maximum absolute atomic E-state index is 14.9. The van der Waals surface area contributed by atoms with Crippen molar-refractivity contribution in [2.24, 2.45) is 0 Å². The van der Waals surface area contributed by atoms with Crippen LogP contribution in [0, 0.1) is 5.82 Å². The van der Waals surface area contributed by atoms with Crippen LogP contribution in [-0.2, 0) is 0 Å². The van der Waals surface area contributed by atoms with E-state index in [1.165, 1.54) is 12.1 Å². The monoisotopic (exact) mass is 543 g/mol. The highest BCUT2D eigenvalue weighted by atomic mass is 35.5. The van der Waals surface area contributed by atoms with Gasteiger partial charge in [0, 0.05) is 62.1 Å². The van der Waals surface area contributed by atoms with E-state index in [0.717, 1.165) is 56.0 Å². The van der Waals surface area contributed by atoms with Crippen molar-refractivity contribution in [1.82, 2.24) is 29.2 Å². The summed E-state index contributed by atoms with van der Waals surface area (Å²) >= 11 is 6.23. The first-order chi connectivity index (χ1) is 19.0. The fourth-order valence-electron chi connectivity index (χ4n) is 5.20. The number of hydrogen-bond donors (Lipinski definition) is 1. The minimum Gasteiger partial charge on any atom is -0.382 e. The summed E-state index contributed by atoms with van der Waals surface area (Å²) in [5, 5.41) is 3.96. The van der Waals surface area contributed by atoms with Crippen LogP contribution in [-0.4, -0.2) is 74.5 Å². The number of imidazole rings is 1. The molecule has 1 aliphatic heterocycles. The molecule has 0 bridgehead atoms. The second-order valence-corrected chi connectivity index (χ2v) is 10.7. The van der Waals surface area contributed by atoms with Crippen LogP contribution in [0.2, 0.25) is 5.02 Å². The third kappa shape index (κ3) is 5.32. The largest absolute Gasteiger partial charge is 0.382 e. The molecule has 1 fully saturated rings. The average molecular weight is 544 g/mol. The number of benzene rings is 1. The van der Waals surface area contributed by atoms with Gasteiger partial charge in [-0.15, -0.1) is 0 Å². The molecule has 5 heterocycles. The predicted molar refractivity (Wildman–Crippen MR) is 156 cm³/mol. The molecule has 0 aliphatic carbocycles. The Labute approximate surface area is 232 Å². The van der Waals surface area contributed by atoms with Gasteiger partial charge in [0.2, 0.25) is 0 Å². The molecule has 1 N–H and O–H groups in total. The van der Waals surface area contributed by atoms with Crippen LogP contribution in [0.5, 0.6) is 0 Å². The number of nitrogens with zero attached hydrogens (tertiary/aromatic N) is 6. The van der Waals surface area contributed by atoms with Gasteiger partial charge in [-0.1, -0.05) is 17.7 Å². The maximum Gasteiger partial charge on any atom is 0.137 e. The molecule has 7 nitrogen and oxygen atoms in total. The molecule has 1 aliphatic rings. The van der Waals surface area contributed by atoms with E-state index in [0.29, 0.717) is 39.4 Å². The summed E-state index contributed by atoms with van der Waals surface area (Å²) in [6.07, 6.45) is 3.76. The van der Waals surface area contributed by atoms with E-state index in [9.17, 15) is 4.39 Å². The molecule has 6 rings (SSSR count). The van der Waals surface area contributed by atoms with Gasteiger partial charge in [-0.05, 0) is 62.4 Å². The van der Waals surface area contributed by atoms with Crippen LogP contribution in [0.15, 0.2) is 67.0 Å². The van der Waals surface area contributed by atoms with Gasteiger partial charge in [-0.25, -0.2) is 14.4 Å². The lowest BCUT2D eigenvalue weighted by atomic mass is 10.1. The summed E-state index contributed by atoms with van der Waals surface area (Å²) < 4.78 is 16.9. The van der Waals surface area contributed by atoms with Crippen LogP contribution in [0.1, 0.15) is 13.8 Å². The molecular formula is C30H31ClFN7. The van der Waals surface area contributed by atoms with E-state index in [1.807, 2.05) is 53.2 Å². The minimum absolute atomic E-state index is 0.339. The van der Waals surface area contributed by atoms with Gasteiger partial charge in [0.25, 0.3) is 0 Å². The van der Waals surface area contributed by atoms with Gasteiger partial charge in [-0.2, -0.15) is 0 Å². The van der Waals surface area contributed by atoms with Crippen molar-refractivity contribution < 1.29 is 4.39 Å². The van der Waals surface area contributed by atoms with Gasteiger partial charge in [0.1, 0.15) is 17.2 Å². The van der Waals surface area contributed by atoms with E-state index < -0.39 is 0 Å². The molecule has 4 aromatic heterocycles. The molecule has 0 atom stereocenters. The van der Waals surface area contributed by atoms with Crippen molar-refractivity contribution in [1.29, 1.82) is 0 Å². The second-order valence-electron chi connectivity index (χ2n) is 10.2. The number of hydrogen-bond acceptors (Lipinski definition) is 6. The highest BCUT2D eigenvalue weighted by Crippen LogP contribution is 2.35. The van der Waals surface area contributed by atoms with Crippen molar-refractivity contribution in [3.63, 3.8) is 0 Å². The average Bonchev–Trinajstić information content (AvgIpc) is 3.33. The first-order valence-electron chi connectivity index (χ1n) is 13.4. The molecule has 5 aromatic rings. The van der Waals surface area contributed by atoms with E-state index in [1.54, 1.807) is 6.07 Å². The minimum atomic E-state index is -0.386. The Morgan fingerprint density at radius 3 is 2.64 bits per heavy atom. The zero-order valence-electron chi connectivity index (χ0n) is 22.1. The standard InChI is InChI=1S/C30H31ClFN7/c1-20(2)38-15-13-37(14-16-38)12-10-33-22-18-27-25(34-19-22)8-9-26(35-27)30-29(23-17-21(31)6-7-24(23)32)36-28-5-3-4-11-39(28)30/h3-9,11,17-20,33H,10,12-16H2,1-2H3. The molecule has 39 heavy (non-hydrogen) atoms. The first-order valence-corrected chi connectivity index (χ1v) is 13.7. The Bertz CT molecular complexity index is 1630. The number of aromatic nitrogens is 4. The zero-order chi connectivity index (χ0) is 26.9. The second kappa shape index (κ2) is 10.9. The zero-order valence-corrected chi connectivity index (χ0v) is 22.9. The highest BCUT2D eigenvalue weighted by molar-refractivity contribution is 6.30. The summed E-state index contributed by atoms with van der Waals surface area (Å²) in [5.74, 6) is -0.386. The fourth-order valence-corrected chi connectivity index (χ4v) is 5.38. The van der Waals surface area contributed by atoms with Crippen LogP contribution in [0.25, 0.3) is 39.3 Å².